The molecule has 2 aromatic carbocycles. The van der Waals surface area contributed by atoms with Crippen molar-refractivity contribution in [2.24, 2.45) is 0 Å². The molecule has 2 nitrogen and oxygen atoms in total. The fourth-order valence-corrected chi connectivity index (χ4v) is 2.27. The molecule has 20 heavy (non-hydrogen) atoms. The largest absolute Gasteiger partial charge is 0.376 e. The summed E-state index contributed by atoms with van der Waals surface area (Å²) in [5.74, 6) is -0.403. The molecule has 0 aliphatic heterocycles. The van der Waals surface area contributed by atoms with Crippen LogP contribution in [0.3, 0.4) is 0 Å². The third-order valence-corrected chi connectivity index (χ3v) is 3.64. The minimum absolute atomic E-state index is 0.0329. The molecule has 0 saturated heterocycles. The van der Waals surface area contributed by atoms with Crippen LogP contribution in [0, 0.1) is 17.1 Å². The van der Waals surface area contributed by atoms with Crippen LogP contribution in [-0.2, 0) is 0 Å². The van der Waals surface area contributed by atoms with E-state index in [1.54, 1.807) is 12.1 Å². The first-order valence-corrected chi connectivity index (χ1v) is 7.15. The van der Waals surface area contributed by atoms with Gasteiger partial charge in [-0.05, 0) is 42.3 Å². The third kappa shape index (κ3) is 3.37. The van der Waals surface area contributed by atoms with Gasteiger partial charge in [0.2, 0.25) is 0 Å². The lowest BCUT2D eigenvalue weighted by Gasteiger charge is -2.19. The van der Waals surface area contributed by atoms with E-state index in [2.05, 4.69) is 21.2 Å². The highest BCUT2D eigenvalue weighted by atomic mass is 79.9. The molecule has 0 spiro atoms. The summed E-state index contributed by atoms with van der Waals surface area (Å²) in [6.07, 6.45) is 0.834. The summed E-state index contributed by atoms with van der Waals surface area (Å²) < 4.78 is 14.9. The van der Waals surface area contributed by atoms with Crippen molar-refractivity contribution >= 4 is 21.6 Å². The Morgan fingerprint density at radius 3 is 2.50 bits per heavy atom. The first-order chi connectivity index (χ1) is 9.63. The van der Waals surface area contributed by atoms with Crippen LogP contribution in [0.1, 0.15) is 30.5 Å². The monoisotopic (exact) mass is 332 g/mol. The van der Waals surface area contributed by atoms with Crippen LogP contribution in [0.15, 0.2) is 46.9 Å². The first kappa shape index (κ1) is 14.5. The van der Waals surface area contributed by atoms with E-state index in [0.717, 1.165) is 16.5 Å². The van der Waals surface area contributed by atoms with Gasteiger partial charge in [-0.15, -0.1) is 0 Å². The van der Waals surface area contributed by atoms with E-state index < -0.39 is 5.82 Å². The molecular weight excluding hydrogens is 319 g/mol. The minimum Gasteiger partial charge on any atom is -0.376 e. The predicted molar refractivity (Wildman–Crippen MR) is 81.9 cm³/mol. The number of hydrogen-bond donors (Lipinski definition) is 1. The molecule has 1 N–H and O–H groups in total. The molecule has 0 radical (unpaired) electrons. The van der Waals surface area contributed by atoms with Crippen LogP contribution in [-0.4, -0.2) is 0 Å². The maximum absolute atomic E-state index is 13.9. The highest BCUT2D eigenvalue weighted by Crippen LogP contribution is 2.26. The SMILES string of the molecule is CCC(Nc1ccc(C#N)cc1F)c1ccc(Br)cc1. The molecule has 0 saturated carbocycles. The number of anilines is 1. The zero-order valence-corrected chi connectivity index (χ0v) is 12.6. The molecule has 2 aromatic rings. The normalized spacial score (nSPS) is 11.7. The molecule has 1 unspecified atom stereocenters. The van der Waals surface area contributed by atoms with Gasteiger partial charge in [-0.25, -0.2) is 4.39 Å². The van der Waals surface area contributed by atoms with Gasteiger partial charge in [0.15, 0.2) is 0 Å². The van der Waals surface area contributed by atoms with E-state index in [0.29, 0.717) is 11.3 Å². The topological polar surface area (TPSA) is 35.8 Å². The van der Waals surface area contributed by atoms with Crippen molar-refractivity contribution in [3.05, 3.63) is 63.9 Å². The second-order valence-corrected chi connectivity index (χ2v) is 5.38. The van der Waals surface area contributed by atoms with Gasteiger partial charge in [-0.3, -0.25) is 0 Å². The third-order valence-electron chi connectivity index (χ3n) is 3.11. The zero-order chi connectivity index (χ0) is 14.5. The summed E-state index contributed by atoms with van der Waals surface area (Å²) >= 11 is 3.40. The van der Waals surface area contributed by atoms with Gasteiger partial charge < -0.3 is 5.32 Å². The van der Waals surface area contributed by atoms with Gasteiger partial charge in [0.25, 0.3) is 0 Å². The fraction of sp³-hybridized carbons (Fsp3) is 0.188. The zero-order valence-electron chi connectivity index (χ0n) is 11.0. The number of nitrogens with zero attached hydrogens (tertiary/aromatic N) is 1. The Balaban J connectivity index is 2.22. The van der Waals surface area contributed by atoms with Crippen molar-refractivity contribution in [3.63, 3.8) is 0 Å². The lowest BCUT2D eigenvalue weighted by atomic mass is 10.0. The maximum atomic E-state index is 13.9. The lowest BCUT2D eigenvalue weighted by Crippen LogP contribution is -2.10. The van der Waals surface area contributed by atoms with Crippen molar-refractivity contribution in [2.75, 3.05) is 5.32 Å². The van der Waals surface area contributed by atoms with E-state index in [4.69, 9.17) is 5.26 Å². The van der Waals surface area contributed by atoms with Crippen LogP contribution < -0.4 is 5.32 Å². The Bertz CT molecular complexity index is 632. The summed E-state index contributed by atoms with van der Waals surface area (Å²) in [5.41, 5.74) is 1.84. The van der Waals surface area contributed by atoms with Crippen molar-refractivity contribution in [1.29, 1.82) is 5.26 Å². The van der Waals surface area contributed by atoms with Crippen LogP contribution in [0.25, 0.3) is 0 Å². The van der Waals surface area contributed by atoms with Gasteiger partial charge in [0.1, 0.15) is 5.82 Å². The van der Waals surface area contributed by atoms with Crippen molar-refractivity contribution < 1.29 is 4.39 Å². The Morgan fingerprint density at radius 2 is 1.95 bits per heavy atom. The molecule has 1 atom stereocenters. The second kappa shape index (κ2) is 6.53. The number of halogens is 2. The predicted octanol–water partition coefficient (Wildman–Crippen LogP) is 5.02. The Kier molecular flexibility index (Phi) is 4.75. The van der Waals surface area contributed by atoms with Gasteiger partial charge in [-0.1, -0.05) is 35.0 Å². The van der Waals surface area contributed by atoms with Gasteiger partial charge in [0.05, 0.1) is 23.4 Å². The Morgan fingerprint density at radius 1 is 1.25 bits per heavy atom. The van der Waals surface area contributed by atoms with Crippen LogP contribution in [0.2, 0.25) is 0 Å². The second-order valence-electron chi connectivity index (χ2n) is 4.46. The molecule has 4 heteroatoms. The van der Waals surface area contributed by atoms with E-state index in [9.17, 15) is 4.39 Å². The molecule has 0 aromatic heterocycles. The van der Waals surface area contributed by atoms with Crippen LogP contribution in [0.4, 0.5) is 10.1 Å². The average molecular weight is 333 g/mol. The molecule has 0 bridgehead atoms. The molecular formula is C16H14BrFN2. The molecule has 2 rings (SSSR count). The van der Waals surface area contributed by atoms with Crippen molar-refractivity contribution in [2.45, 2.75) is 19.4 Å². The Labute approximate surface area is 126 Å². The fourth-order valence-electron chi connectivity index (χ4n) is 2.01. The summed E-state index contributed by atoms with van der Waals surface area (Å²) in [6, 6.07) is 14.4. The smallest absolute Gasteiger partial charge is 0.147 e. The molecule has 0 amide bonds. The minimum atomic E-state index is -0.403. The summed E-state index contributed by atoms with van der Waals surface area (Å²) in [7, 11) is 0. The van der Waals surface area contributed by atoms with Gasteiger partial charge in [-0.2, -0.15) is 5.26 Å². The number of nitrogens with one attached hydrogen (secondary N) is 1. The summed E-state index contributed by atoms with van der Waals surface area (Å²) in [5, 5.41) is 11.9. The van der Waals surface area contributed by atoms with E-state index >= 15 is 0 Å². The molecule has 0 aliphatic carbocycles. The number of rotatable bonds is 4. The van der Waals surface area contributed by atoms with Gasteiger partial charge >= 0.3 is 0 Å². The molecule has 102 valence electrons. The summed E-state index contributed by atoms with van der Waals surface area (Å²) in [4.78, 5) is 0. The molecule has 0 aliphatic rings. The van der Waals surface area contributed by atoms with E-state index in [1.807, 2.05) is 37.3 Å². The van der Waals surface area contributed by atoms with Gasteiger partial charge in [0, 0.05) is 4.47 Å². The first-order valence-electron chi connectivity index (χ1n) is 6.35. The highest BCUT2D eigenvalue weighted by Gasteiger charge is 2.12. The highest BCUT2D eigenvalue weighted by molar-refractivity contribution is 9.10. The van der Waals surface area contributed by atoms with E-state index in [1.165, 1.54) is 6.07 Å². The lowest BCUT2D eigenvalue weighted by molar-refractivity contribution is 0.623. The summed E-state index contributed by atoms with van der Waals surface area (Å²) in [6.45, 7) is 2.04. The molecule has 0 heterocycles. The van der Waals surface area contributed by atoms with E-state index in [-0.39, 0.29) is 6.04 Å². The molecule has 0 fully saturated rings. The average Bonchev–Trinajstić information content (AvgIpc) is 2.47. The van der Waals surface area contributed by atoms with Crippen LogP contribution >= 0.6 is 15.9 Å². The maximum Gasteiger partial charge on any atom is 0.147 e. The number of nitriles is 1. The van der Waals surface area contributed by atoms with Crippen molar-refractivity contribution in [1.82, 2.24) is 0 Å². The Hall–Kier alpha value is -1.86. The number of benzene rings is 2. The van der Waals surface area contributed by atoms with Crippen molar-refractivity contribution in [3.8, 4) is 6.07 Å². The standard InChI is InChI=1S/C16H14BrFN2/c1-2-15(12-4-6-13(17)7-5-12)20-16-8-3-11(10-19)9-14(16)18/h3-9,15,20H,2H2,1H3. The van der Waals surface area contributed by atoms with Crippen LogP contribution in [0.5, 0.6) is 0 Å². The quantitative estimate of drug-likeness (QED) is 0.852. The number of hydrogen-bond acceptors (Lipinski definition) is 2.